The molecule has 0 fully saturated rings. The Bertz CT molecular complexity index is 466. The van der Waals surface area contributed by atoms with Gasteiger partial charge in [-0.05, 0) is 20.8 Å². The van der Waals surface area contributed by atoms with Crippen LogP contribution in [0.5, 0.6) is 0 Å². The number of ether oxygens (including phenoxy) is 1. The van der Waals surface area contributed by atoms with E-state index in [4.69, 9.17) is 10.5 Å². The van der Waals surface area contributed by atoms with Crippen LogP contribution in [0, 0.1) is 18.8 Å². The molecule has 0 amide bonds. The van der Waals surface area contributed by atoms with Gasteiger partial charge in [-0.2, -0.15) is 0 Å². The van der Waals surface area contributed by atoms with Crippen molar-refractivity contribution in [3.8, 4) is 11.8 Å². The van der Waals surface area contributed by atoms with Crippen LogP contribution in [0.2, 0.25) is 0 Å². The number of hydrogen-bond acceptors (Lipinski definition) is 4. The lowest BCUT2D eigenvalue weighted by atomic mass is 10.4. The minimum Gasteiger partial charge on any atom is -0.461 e. The summed E-state index contributed by atoms with van der Waals surface area (Å²) in [4.78, 5) is 15.7. The molecular formula is C12H17N3O2. The Kier molecular flexibility index (Phi) is 4.58. The van der Waals surface area contributed by atoms with Gasteiger partial charge >= 0.3 is 5.97 Å². The minimum atomic E-state index is -0.478. The molecule has 0 saturated carbocycles. The molecule has 5 nitrogen and oxygen atoms in total. The molecule has 0 aliphatic rings. The van der Waals surface area contributed by atoms with Crippen molar-refractivity contribution in [3.63, 3.8) is 0 Å². The summed E-state index contributed by atoms with van der Waals surface area (Å²) in [5.41, 5.74) is 6.06. The molecule has 2 N–H and O–H groups in total. The molecule has 0 radical (unpaired) electrons. The van der Waals surface area contributed by atoms with Crippen molar-refractivity contribution in [3.05, 3.63) is 11.5 Å². The Balaban J connectivity index is 2.91. The number of nitrogens with two attached hydrogens (primary N) is 1. The summed E-state index contributed by atoms with van der Waals surface area (Å²) in [6.45, 7) is 6.28. The van der Waals surface area contributed by atoms with E-state index in [0.717, 1.165) is 0 Å². The number of carbonyl (C=O) groups excluding carboxylic acids is 1. The van der Waals surface area contributed by atoms with E-state index >= 15 is 0 Å². The summed E-state index contributed by atoms with van der Waals surface area (Å²) in [6.07, 6.45) is 0.681. The SMILES string of the molecule is CC#CCCn1c(C)nc(C(=O)OCC)c1N. The second kappa shape index (κ2) is 5.94. The van der Waals surface area contributed by atoms with Crippen molar-refractivity contribution < 1.29 is 9.53 Å². The van der Waals surface area contributed by atoms with E-state index in [1.54, 1.807) is 25.3 Å². The highest BCUT2D eigenvalue weighted by atomic mass is 16.5. The molecule has 1 aromatic rings. The van der Waals surface area contributed by atoms with Gasteiger partial charge in [-0.15, -0.1) is 11.8 Å². The average molecular weight is 235 g/mol. The highest BCUT2D eigenvalue weighted by molar-refractivity contribution is 5.92. The Morgan fingerprint density at radius 3 is 2.88 bits per heavy atom. The second-order valence-corrected chi connectivity index (χ2v) is 3.44. The summed E-state index contributed by atoms with van der Waals surface area (Å²) in [5, 5.41) is 0. The molecule has 0 aliphatic heterocycles. The molecule has 0 unspecified atom stereocenters. The monoisotopic (exact) mass is 235 g/mol. The maximum Gasteiger partial charge on any atom is 0.360 e. The van der Waals surface area contributed by atoms with Crippen LogP contribution in [0.3, 0.4) is 0 Å². The number of aromatic nitrogens is 2. The lowest BCUT2D eigenvalue weighted by Crippen LogP contribution is -2.10. The third-order valence-corrected chi connectivity index (χ3v) is 2.30. The van der Waals surface area contributed by atoms with Gasteiger partial charge in [0, 0.05) is 13.0 Å². The number of nitrogens with zero attached hydrogens (tertiary/aromatic N) is 2. The van der Waals surface area contributed by atoms with E-state index in [9.17, 15) is 4.79 Å². The summed E-state index contributed by atoms with van der Waals surface area (Å²) >= 11 is 0. The third kappa shape index (κ3) is 3.00. The van der Waals surface area contributed by atoms with E-state index in [-0.39, 0.29) is 5.69 Å². The summed E-state index contributed by atoms with van der Waals surface area (Å²) < 4.78 is 6.65. The van der Waals surface area contributed by atoms with E-state index in [2.05, 4.69) is 16.8 Å². The van der Waals surface area contributed by atoms with Crippen molar-refractivity contribution in [1.29, 1.82) is 0 Å². The molecule has 0 aliphatic carbocycles. The molecule has 0 spiro atoms. The molecule has 0 bridgehead atoms. The van der Waals surface area contributed by atoms with Gasteiger partial charge in [0.25, 0.3) is 0 Å². The molecule has 92 valence electrons. The van der Waals surface area contributed by atoms with Crippen molar-refractivity contribution >= 4 is 11.8 Å². The van der Waals surface area contributed by atoms with Gasteiger partial charge in [-0.1, -0.05) is 0 Å². The van der Waals surface area contributed by atoms with Gasteiger partial charge in [0.15, 0.2) is 5.69 Å². The molecule has 1 aromatic heterocycles. The number of nitrogen functional groups attached to an aromatic ring is 1. The third-order valence-electron chi connectivity index (χ3n) is 2.30. The fraction of sp³-hybridized carbons (Fsp3) is 0.500. The van der Waals surface area contributed by atoms with E-state index in [1.807, 2.05) is 0 Å². The van der Waals surface area contributed by atoms with E-state index in [0.29, 0.717) is 31.2 Å². The zero-order valence-corrected chi connectivity index (χ0v) is 10.4. The predicted molar refractivity (Wildman–Crippen MR) is 65.4 cm³/mol. The number of anilines is 1. The van der Waals surface area contributed by atoms with Crippen LogP contribution in [-0.4, -0.2) is 22.1 Å². The molecule has 17 heavy (non-hydrogen) atoms. The van der Waals surface area contributed by atoms with Crippen molar-refractivity contribution in [2.45, 2.75) is 33.7 Å². The van der Waals surface area contributed by atoms with Gasteiger partial charge in [0.05, 0.1) is 6.61 Å². The molecule has 1 rings (SSSR count). The Labute approximate surface area is 101 Å². The Morgan fingerprint density at radius 2 is 2.29 bits per heavy atom. The Hall–Kier alpha value is -1.96. The Morgan fingerprint density at radius 1 is 1.59 bits per heavy atom. The van der Waals surface area contributed by atoms with Crippen LogP contribution in [0.15, 0.2) is 0 Å². The fourth-order valence-corrected chi connectivity index (χ4v) is 1.51. The molecule has 0 atom stereocenters. The average Bonchev–Trinajstić information content (AvgIpc) is 2.57. The highest BCUT2D eigenvalue weighted by Gasteiger charge is 2.19. The topological polar surface area (TPSA) is 70.1 Å². The first-order chi connectivity index (χ1) is 8.11. The largest absolute Gasteiger partial charge is 0.461 e. The molecule has 0 saturated heterocycles. The first-order valence-electron chi connectivity index (χ1n) is 5.51. The standard InChI is InChI=1S/C12H17N3O2/c1-4-6-7-8-15-9(3)14-10(11(15)13)12(16)17-5-2/h5,7-8,13H2,1-3H3. The van der Waals surface area contributed by atoms with Crippen LogP contribution >= 0.6 is 0 Å². The number of aryl methyl sites for hydroxylation is 1. The molecule has 5 heteroatoms. The number of carbonyl (C=O) groups is 1. The minimum absolute atomic E-state index is 0.189. The quantitative estimate of drug-likeness (QED) is 0.632. The number of hydrogen-bond donors (Lipinski definition) is 1. The van der Waals surface area contributed by atoms with Gasteiger partial charge in [0.1, 0.15) is 11.6 Å². The summed E-state index contributed by atoms with van der Waals surface area (Å²) in [6, 6.07) is 0. The maximum absolute atomic E-state index is 11.6. The number of rotatable bonds is 4. The molecular weight excluding hydrogens is 218 g/mol. The van der Waals surface area contributed by atoms with Gasteiger partial charge in [-0.25, -0.2) is 9.78 Å². The number of imidazole rings is 1. The predicted octanol–water partition coefficient (Wildman–Crippen LogP) is 1.36. The van der Waals surface area contributed by atoms with Crippen molar-refractivity contribution in [2.24, 2.45) is 0 Å². The van der Waals surface area contributed by atoms with E-state index in [1.165, 1.54) is 0 Å². The maximum atomic E-state index is 11.6. The second-order valence-electron chi connectivity index (χ2n) is 3.44. The van der Waals surface area contributed by atoms with Crippen LogP contribution in [0.1, 0.15) is 36.6 Å². The molecule has 0 aromatic carbocycles. The van der Waals surface area contributed by atoms with Gasteiger partial charge in [0.2, 0.25) is 0 Å². The zero-order valence-electron chi connectivity index (χ0n) is 10.4. The number of esters is 1. The van der Waals surface area contributed by atoms with Gasteiger partial charge in [-0.3, -0.25) is 0 Å². The normalized spacial score (nSPS) is 9.59. The summed E-state index contributed by atoms with van der Waals surface area (Å²) in [7, 11) is 0. The zero-order chi connectivity index (χ0) is 12.8. The first kappa shape index (κ1) is 13.1. The van der Waals surface area contributed by atoms with Crippen LogP contribution < -0.4 is 5.73 Å². The lowest BCUT2D eigenvalue weighted by Gasteiger charge is -2.04. The first-order valence-corrected chi connectivity index (χ1v) is 5.51. The smallest absolute Gasteiger partial charge is 0.360 e. The van der Waals surface area contributed by atoms with Crippen molar-refractivity contribution in [2.75, 3.05) is 12.3 Å². The summed E-state index contributed by atoms with van der Waals surface area (Å²) in [5.74, 6) is 6.32. The fourth-order valence-electron chi connectivity index (χ4n) is 1.51. The molecule has 1 heterocycles. The van der Waals surface area contributed by atoms with Gasteiger partial charge < -0.3 is 15.0 Å². The van der Waals surface area contributed by atoms with Crippen LogP contribution in [0.25, 0.3) is 0 Å². The van der Waals surface area contributed by atoms with Crippen LogP contribution in [-0.2, 0) is 11.3 Å². The van der Waals surface area contributed by atoms with Crippen LogP contribution in [0.4, 0.5) is 5.82 Å². The van der Waals surface area contributed by atoms with Crippen molar-refractivity contribution in [1.82, 2.24) is 9.55 Å². The lowest BCUT2D eigenvalue weighted by molar-refractivity contribution is 0.0521. The van der Waals surface area contributed by atoms with E-state index < -0.39 is 5.97 Å². The highest BCUT2D eigenvalue weighted by Crippen LogP contribution is 2.15.